The van der Waals surface area contributed by atoms with Crippen molar-refractivity contribution in [1.29, 1.82) is 0 Å². The molecular weight excluding hydrogens is 222 g/mol. The van der Waals surface area contributed by atoms with Crippen LogP contribution in [0.15, 0.2) is 0 Å². The quantitative estimate of drug-likeness (QED) is 0.601. The van der Waals surface area contributed by atoms with Crippen molar-refractivity contribution in [2.45, 2.75) is 51.3 Å². The van der Waals surface area contributed by atoms with Crippen LogP contribution in [0.3, 0.4) is 0 Å². The topological polar surface area (TPSA) is 67.8 Å². The summed E-state index contributed by atoms with van der Waals surface area (Å²) >= 11 is 0. The smallest absolute Gasteiger partial charge is 0.320 e. The molecule has 0 heterocycles. The van der Waals surface area contributed by atoms with Crippen LogP contribution in [0.5, 0.6) is 0 Å². The molecule has 1 fully saturated rings. The van der Waals surface area contributed by atoms with E-state index >= 15 is 0 Å². The molecule has 1 aliphatic carbocycles. The van der Waals surface area contributed by atoms with Gasteiger partial charge in [-0.05, 0) is 33.1 Å². The molecule has 2 N–H and O–H groups in total. The van der Waals surface area contributed by atoms with Crippen LogP contribution in [-0.2, 0) is 14.3 Å². The molecule has 0 bridgehead atoms. The van der Waals surface area contributed by atoms with E-state index in [0.29, 0.717) is 32.3 Å². The van der Waals surface area contributed by atoms with E-state index in [9.17, 15) is 4.79 Å². The maximum absolute atomic E-state index is 11.0. The maximum Gasteiger partial charge on any atom is 0.320 e. The van der Waals surface area contributed by atoms with E-state index in [2.05, 4.69) is 5.32 Å². The van der Waals surface area contributed by atoms with Crippen molar-refractivity contribution in [3.05, 3.63) is 0 Å². The first-order valence-electron chi connectivity index (χ1n) is 6.31. The van der Waals surface area contributed by atoms with Gasteiger partial charge in [0.1, 0.15) is 6.04 Å². The minimum atomic E-state index is -0.794. The van der Waals surface area contributed by atoms with Crippen molar-refractivity contribution in [3.8, 4) is 0 Å². The van der Waals surface area contributed by atoms with Crippen molar-refractivity contribution >= 4 is 5.97 Å². The van der Waals surface area contributed by atoms with Crippen LogP contribution in [0.25, 0.3) is 0 Å². The summed E-state index contributed by atoms with van der Waals surface area (Å²) in [6.07, 6.45) is 2.70. The molecule has 1 rings (SSSR count). The van der Waals surface area contributed by atoms with Gasteiger partial charge in [0, 0.05) is 19.3 Å². The summed E-state index contributed by atoms with van der Waals surface area (Å²) in [5, 5.41) is 12.1. The van der Waals surface area contributed by atoms with Crippen LogP contribution in [0.2, 0.25) is 0 Å². The van der Waals surface area contributed by atoms with E-state index in [0.717, 1.165) is 12.8 Å². The fraction of sp³-hybridized carbons (Fsp3) is 0.917. The van der Waals surface area contributed by atoms with Gasteiger partial charge in [-0.25, -0.2) is 0 Å². The molecule has 1 saturated carbocycles. The third-order valence-corrected chi connectivity index (χ3v) is 2.68. The van der Waals surface area contributed by atoms with Gasteiger partial charge in [-0.2, -0.15) is 0 Å². The minimum absolute atomic E-state index is 0.0188. The van der Waals surface area contributed by atoms with Crippen LogP contribution in [0.4, 0.5) is 0 Å². The highest BCUT2D eigenvalue weighted by atomic mass is 16.5. The van der Waals surface area contributed by atoms with Crippen molar-refractivity contribution in [2.24, 2.45) is 0 Å². The van der Waals surface area contributed by atoms with Gasteiger partial charge in [-0.3, -0.25) is 4.79 Å². The molecule has 2 atom stereocenters. The highest BCUT2D eigenvalue weighted by Crippen LogP contribution is 2.20. The van der Waals surface area contributed by atoms with Gasteiger partial charge in [0.25, 0.3) is 0 Å². The zero-order valence-electron chi connectivity index (χ0n) is 10.6. The molecule has 2 unspecified atom stereocenters. The van der Waals surface area contributed by atoms with Crippen LogP contribution in [0, 0.1) is 0 Å². The fourth-order valence-electron chi connectivity index (χ4n) is 1.53. The highest BCUT2D eigenvalue weighted by molar-refractivity contribution is 5.73. The second-order valence-electron chi connectivity index (χ2n) is 4.46. The van der Waals surface area contributed by atoms with Gasteiger partial charge in [0.05, 0.1) is 12.7 Å². The first kappa shape index (κ1) is 14.4. The average molecular weight is 245 g/mol. The number of nitrogens with one attached hydrogen (secondary N) is 1. The standard InChI is InChI=1S/C12H23NO4/c1-3-16-8-9(2)17-7-6-11(12(14)15)13-10-4-5-10/h9-11,13H,3-8H2,1-2H3,(H,14,15). The first-order chi connectivity index (χ1) is 8.13. The van der Waals surface area contributed by atoms with Gasteiger partial charge < -0.3 is 19.9 Å². The molecule has 0 aromatic heterocycles. The molecule has 0 aliphatic heterocycles. The Hall–Kier alpha value is -0.650. The molecule has 0 radical (unpaired) electrons. The summed E-state index contributed by atoms with van der Waals surface area (Å²) in [5.41, 5.74) is 0. The molecule has 0 amide bonds. The van der Waals surface area contributed by atoms with E-state index in [4.69, 9.17) is 14.6 Å². The van der Waals surface area contributed by atoms with Gasteiger partial charge in [0.15, 0.2) is 0 Å². The van der Waals surface area contributed by atoms with Crippen molar-refractivity contribution in [1.82, 2.24) is 5.32 Å². The van der Waals surface area contributed by atoms with Crippen LogP contribution in [-0.4, -0.2) is 49.1 Å². The summed E-state index contributed by atoms with van der Waals surface area (Å²) in [6, 6.07) is -0.0845. The van der Waals surface area contributed by atoms with Crippen LogP contribution < -0.4 is 5.32 Å². The van der Waals surface area contributed by atoms with Crippen LogP contribution in [0.1, 0.15) is 33.1 Å². The van der Waals surface area contributed by atoms with E-state index < -0.39 is 12.0 Å². The molecule has 5 nitrogen and oxygen atoms in total. The Kier molecular flexibility index (Phi) is 6.47. The second-order valence-corrected chi connectivity index (χ2v) is 4.46. The summed E-state index contributed by atoms with van der Waals surface area (Å²) in [4.78, 5) is 11.0. The third kappa shape index (κ3) is 6.61. The third-order valence-electron chi connectivity index (χ3n) is 2.68. The monoisotopic (exact) mass is 245 g/mol. The lowest BCUT2D eigenvalue weighted by Crippen LogP contribution is -2.39. The fourth-order valence-corrected chi connectivity index (χ4v) is 1.53. The van der Waals surface area contributed by atoms with E-state index in [1.165, 1.54) is 0 Å². The van der Waals surface area contributed by atoms with Gasteiger partial charge >= 0.3 is 5.97 Å². The van der Waals surface area contributed by atoms with Gasteiger partial charge in [0.2, 0.25) is 0 Å². The summed E-state index contributed by atoms with van der Waals surface area (Å²) in [6.45, 7) is 5.55. The van der Waals surface area contributed by atoms with Crippen molar-refractivity contribution in [3.63, 3.8) is 0 Å². The SMILES string of the molecule is CCOCC(C)OCCC(NC1CC1)C(=O)O. The number of rotatable bonds is 10. The predicted octanol–water partition coefficient (Wildman–Crippen LogP) is 1.02. The average Bonchev–Trinajstić information content (AvgIpc) is 3.08. The molecule has 0 aromatic rings. The van der Waals surface area contributed by atoms with Crippen molar-refractivity contribution < 1.29 is 19.4 Å². The molecule has 0 saturated heterocycles. The van der Waals surface area contributed by atoms with Gasteiger partial charge in [-0.15, -0.1) is 0 Å². The van der Waals surface area contributed by atoms with Crippen LogP contribution >= 0.6 is 0 Å². The number of carbonyl (C=O) groups is 1. The molecule has 5 heteroatoms. The Morgan fingerprint density at radius 1 is 1.53 bits per heavy atom. The molecule has 17 heavy (non-hydrogen) atoms. The number of carboxylic acid groups (broad SMARTS) is 1. The zero-order chi connectivity index (χ0) is 12.7. The maximum atomic E-state index is 11.0. The number of hydrogen-bond acceptors (Lipinski definition) is 4. The summed E-state index contributed by atoms with van der Waals surface area (Å²) in [7, 11) is 0. The zero-order valence-corrected chi connectivity index (χ0v) is 10.6. The second kappa shape index (κ2) is 7.63. The van der Waals surface area contributed by atoms with Gasteiger partial charge in [-0.1, -0.05) is 0 Å². The number of aliphatic carboxylic acids is 1. The Labute approximate surface area is 102 Å². The Balaban J connectivity index is 2.10. The largest absolute Gasteiger partial charge is 0.480 e. The molecule has 0 spiro atoms. The molecule has 100 valence electrons. The Bertz CT molecular complexity index is 231. The van der Waals surface area contributed by atoms with E-state index in [1.54, 1.807) is 0 Å². The van der Waals surface area contributed by atoms with Crippen molar-refractivity contribution in [2.75, 3.05) is 19.8 Å². The number of hydrogen-bond donors (Lipinski definition) is 2. The lowest BCUT2D eigenvalue weighted by molar-refractivity contribution is -0.140. The minimum Gasteiger partial charge on any atom is -0.480 e. The summed E-state index contributed by atoms with van der Waals surface area (Å²) in [5.74, 6) is -0.794. The highest BCUT2D eigenvalue weighted by Gasteiger charge is 2.27. The number of ether oxygens (including phenoxy) is 2. The lowest BCUT2D eigenvalue weighted by Gasteiger charge is -2.16. The first-order valence-corrected chi connectivity index (χ1v) is 6.31. The lowest BCUT2D eigenvalue weighted by atomic mass is 10.2. The Morgan fingerprint density at radius 2 is 2.24 bits per heavy atom. The van der Waals surface area contributed by atoms with E-state index in [-0.39, 0.29) is 6.10 Å². The normalized spacial score (nSPS) is 18.9. The Morgan fingerprint density at radius 3 is 2.76 bits per heavy atom. The van der Waals surface area contributed by atoms with E-state index in [1.807, 2.05) is 13.8 Å². The number of carboxylic acids is 1. The molecular formula is C12H23NO4. The molecule has 0 aromatic carbocycles. The summed E-state index contributed by atoms with van der Waals surface area (Å²) < 4.78 is 10.7. The predicted molar refractivity (Wildman–Crippen MR) is 64.1 cm³/mol. The molecule has 1 aliphatic rings.